The van der Waals surface area contributed by atoms with Crippen molar-refractivity contribution in [3.8, 4) is 0 Å². The number of carbonyl (C=O) groups is 1. The van der Waals surface area contributed by atoms with Crippen LogP contribution in [-0.4, -0.2) is 19.1 Å². The first kappa shape index (κ1) is 18.5. The summed E-state index contributed by atoms with van der Waals surface area (Å²) in [5, 5.41) is -0.0379. The normalized spacial score (nSPS) is 13.6. The maximum Gasteiger partial charge on any atom is 0.195 e. The van der Waals surface area contributed by atoms with E-state index < -0.39 is 14.4 Å². The van der Waals surface area contributed by atoms with Gasteiger partial charge in [-0.25, -0.2) is 4.39 Å². The predicted octanol–water partition coefficient (Wildman–Crippen LogP) is 5.17. The number of benzene rings is 1. The van der Waals surface area contributed by atoms with E-state index in [1.807, 2.05) is 0 Å². The lowest BCUT2D eigenvalue weighted by atomic mass is 10.0. The Bertz CT molecular complexity index is 694. The van der Waals surface area contributed by atoms with Crippen molar-refractivity contribution in [1.82, 2.24) is 4.98 Å². The largest absolute Gasteiger partial charge is 0.403 e. The van der Waals surface area contributed by atoms with Gasteiger partial charge in [0.2, 0.25) is 0 Å². The lowest BCUT2D eigenvalue weighted by molar-refractivity contribution is 0.0767. The third kappa shape index (κ3) is 4.16. The smallest absolute Gasteiger partial charge is 0.195 e. The van der Waals surface area contributed by atoms with Crippen LogP contribution < -0.4 is 0 Å². The molecule has 2 aromatic rings. The van der Waals surface area contributed by atoms with Crippen molar-refractivity contribution < 1.29 is 13.6 Å². The molecular formula is C19H24FNO2Si. The van der Waals surface area contributed by atoms with Crippen LogP contribution in [0.5, 0.6) is 0 Å². The molecule has 24 heavy (non-hydrogen) atoms. The summed E-state index contributed by atoms with van der Waals surface area (Å²) < 4.78 is 19.7. The lowest BCUT2D eigenvalue weighted by Crippen LogP contribution is -2.43. The highest BCUT2D eigenvalue weighted by atomic mass is 28.4. The summed E-state index contributed by atoms with van der Waals surface area (Å²) in [6.45, 7) is 10.6. The highest BCUT2D eigenvalue weighted by Gasteiger charge is 2.41. The molecule has 1 aromatic heterocycles. The van der Waals surface area contributed by atoms with Crippen molar-refractivity contribution in [2.24, 2.45) is 0 Å². The van der Waals surface area contributed by atoms with Gasteiger partial charge in [-0.15, -0.1) is 0 Å². The van der Waals surface area contributed by atoms with Gasteiger partial charge in [0.1, 0.15) is 11.9 Å². The molecule has 0 amide bonds. The van der Waals surface area contributed by atoms with Crippen LogP contribution in [0.3, 0.4) is 0 Å². The fourth-order valence-electron chi connectivity index (χ4n) is 2.05. The summed E-state index contributed by atoms with van der Waals surface area (Å²) in [5.41, 5.74) is 1.21. The number of aromatic nitrogens is 1. The Morgan fingerprint density at radius 2 is 1.62 bits per heavy atom. The quantitative estimate of drug-likeness (QED) is 0.554. The third-order valence-corrected chi connectivity index (χ3v) is 9.03. The number of Topliss-reactive ketones (excluding diaryl/α,β-unsaturated/α-hetero) is 1. The second-order valence-corrected chi connectivity index (χ2v) is 12.2. The van der Waals surface area contributed by atoms with E-state index in [0.29, 0.717) is 11.1 Å². The Morgan fingerprint density at radius 3 is 2.12 bits per heavy atom. The van der Waals surface area contributed by atoms with Crippen LogP contribution in [0.1, 0.15) is 42.8 Å². The molecule has 0 bridgehead atoms. The molecule has 128 valence electrons. The van der Waals surface area contributed by atoms with E-state index in [1.165, 1.54) is 12.1 Å². The Morgan fingerprint density at radius 1 is 1.08 bits per heavy atom. The summed E-state index contributed by atoms with van der Waals surface area (Å²) in [5.74, 6) is -0.463. The molecule has 0 saturated heterocycles. The average Bonchev–Trinajstić information content (AvgIpc) is 2.53. The molecule has 0 radical (unpaired) electrons. The molecule has 0 aliphatic rings. The van der Waals surface area contributed by atoms with E-state index in [2.05, 4.69) is 38.8 Å². The zero-order valence-corrected chi connectivity index (χ0v) is 15.8. The standard InChI is InChI=1S/C19H24FNO2Si/c1-19(2,3)24(4,5)23-18(15-6-8-16(20)9-7-15)17(22)14-10-12-21-13-11-14/h6-13,18H,1-5H3. The average molecular weight is 345 g/mol. The second-order valence-electron chi connectivity index (χ2n) is 7.41. The van der Waals surface area contributed by atoms with Gasteiger partial charge in [-0.3, -0.25) is 9.78 Å². The fourth-order valence-corrected chi connectivity index (χ4v) is 3.24. The van der Waals surface area contributed by atoms with E-state index in [4.69, 9.17) is 4.43 Å². The van der Waals surface area contributed by atoms with Gasteiger partial charge >= 0.3 is 0 Å². The molecule has 0 fully saturated rings. The Hall–Kier alpha value is -1.85. The van der Waals surface area contributed by atoms with Crippen molar-refractivity contribution in [2.75, 3.05) is 0 Å². The highest BCUT2D eigenvalue weighted by molar-refractivity contribution is 6.74. The van der Waals surface area contributed by atoms with E-state index in [9.17, 15) is 9.18 Å². The van der Waals surface area contributed by atoms with Crippen LogP contribution in [0.25, 0.3) is 0 Å². The Labute approximate surface area is 144 Å². The lowest BCUT2D eigenvalue weighted by Gasteiger charge is -2.39. The summed E-state index contributed by atoms with van der Waals surface area (Å²) in [6, 6.07) is 9.30. The van der Waals surface area contributed by atoms with Gasteiger partial charge in [0.05, 0.1) is 0 Å². The van der Waals surface area contributed by atoms with Gasteiger partial charge in [0.25, 0.3) is 0 Å². The molecule has 2 rings (SSSR count). The number of ketones is 1. The third-order valence-electron chi connectivity index (χ3n) is 4.59. The highest BCUT2D eigenvalue weighted by Crippen LogP contribution is 2.40. The number of pyridine rings is 1. The van der Waals surface area contributed by atoms with Crippen molar-refractivity contribution >= 4 is 14.1 Å². The van der Waals surface area contributed by atoms with Crippen LogP contribution >= 0.6 is 0 Å². The molecule has 0 aliphatic heterocycles. The minimum atomic E-state index is -2.19. The molecular weight excluding hydrogens is 321 g/mol. The van der Waals surface area contributed by atoms with Crippen LogP contribution in [0.15, 0.2) is 48.8 Å². The van der Waals surface area contributed by atoms with Gasteiger partial charge in [-0.2, -0.15) is 0 Å². The summed E-state index contributed by atoms with van der Waals surface area (Å²) in [4.78, 5) is 17.0. The summed E-state index contributed by atoms with van der Waals surface area (Å²) in [7, 11) is -2.19. The van der Waals surface area contributed by atoms with Crippen molar-refractivity contribution in [3.05, 3.63) is 65.7 Å². The number of nitrogens with zero attached hydrogens (tertiary/aromatic N) is 1. The maximum atomic E-state index is 13.3. The molecule has 1 unspecified atom stereocenters. The van der Waals surface area contributed by atoms with Gasteiger partial charge in [0.15, 0.2) is 14.1 Å². The monoisotopic (exact) mass is 345 g/mol. The zero-order chi connectivity index (χ0) is 18.0. The summed E-state index contributed by atoms with van der Waals surface area (Å²) >= 11 is 0. The molecule has 5 heteroatoms. The molecule has 0 spiro atoms. The molecule has 0 N–H and O–H groups in total. The Balaban J connectivity index is 2.42. The number of halogens is 1. The first-order chi connectivity index (χ1) is 11.1. The topological polar surface area (TPSA) is 39.2 Å². The number of hydrogen-bond donors (Lipinski definition) is 0. The second kappa shape index (κ2) is 6.95. The van der Waals surface area contributed by atoms with Gasteiger partial charge in [-0.1, -0.05) is 32.9 Å². The SMILES string of the molecule is CC(C)(C)[Si](C)(C)OC(C(=O)c1ccncc1)c1ccc(F)cc1. The molecule has 1 heterocycles. The number of rotatable bonds is 5. The molecule has 0 saturated carbocycles. The molecule has 1 atom stereocenters. The summed E-state index contributed by atoms with van der Waals surface area (Å²) in [6.07, 6.45) is 2.43. The van der Waals surface area contributed by atoms with Crippen molar-refractivity contribution in [2.45, 2.75) is 45.0 Å². The molecule has 1 aromatic carbocycles. The Kier molecular flexibility index (Phi) is 5.35. The number of carbonyl (C=O) groups excluding carboxylic acids is 1. The minimum Gasteiger partial charge on any atom is -0.403 e. The van der Waals surface area contributed by atoms with Crippen LogP contribution in [0.4, 0.5) is 4.39 Å². The van der Waals surface area contributed by atoms with Crippen LogP contribution in [0.2, 0.25) is 18.1 Å². The molecule has 3 nitrogen and oxygen atoms in total. The van der Waals surface area contributed by atoms with E-state index >= 15 is 0 Å². The van der Waals surface area contributed by atoms with Gasteiger partial charge in [0, 0.05) is 18.0 Å². The van der Waals surface area contributed by atoms with Crippen LogP contribution in [-0.2, 0) is 4.43 Å². The minimum absolute atomic E-state index is 0.0379. The van der Waals surface area contributed by atoms with E-state index in [0.717, 1.165) is 0 Å². The maximum absolute atomic E-state index is 13.3. The van der Waals surface area contributed by atoms with E-state index in [-0.39, 0.29) is 16.6 Å². The van der Waals surface area contributed by atoms with Crippen LogP contribution in [0, 0.1) is 5.82 Å². The fraction of sp³-hybridized carbons (Fsp3) is 0.368. The zero-order valence-electron chi connectivity index (χ0n) is 14.8. The predicted molar refractivity (Wildman–Crippen MR) is 96.0 cm³/mol. The van der Waals surface area contributed by atoms with Crippen molar-refractivity contribution in [3.63, 3.8) is 0 Å². The number of hydrogen-bond acceptors (Lipinski definition) is 3. The van der Waals surface area contributed by atoms with Gasteiger partial charge < -0.3 is 4.43 Å². The first-order valence-electron chi connectivity index (χ1n) is 7.99. The van der Waals surface area contributed by atoms with Gasteiger partial charge in [-0.05, 0) is 48.0 Å². The van der Waals surface area contributed by atoms with E-state index in [1.54, 1.807) is 36.7 Å². The van der Waals surface area contributed by atoms with Crippen molar-refractivity contribution in [1.29, 1.82) is 0 Å². The first-order valence-corrected chi connectivity index (χ1v) is 10.9. The molecule has 0 aliphatic carbocycles.